The molecule has 4 heterocycles. The predicted octanol–water partition coefficient (Wildman–Crippen LogP) is 3.61. The van der Waals surface area contributed by atoms with Crippen molar-refractivity contribution >= 4 is 16.9 Å². The highest BCUT2D eigenvalue weighted by molar-refractivity contribution is 5.90. The van der Waals surface area contributed by atoms with E-state index in [1.807, 2.05) is 60.8 Å². The average molecular weight is 400 g/mol. The number of hydrogen-bond donors (Lipinski definition) is 1. The molecule has 3 aromatic rings. The highest BCUT2D eigenvalue weighted by Gasteiger charge is 2.47. The molecule has 3 aliphatic rings. The fraction of sp³-hybridized carbons (Fsp3) is 0.308. The van der Waals surface area contributed by atoms with Crippen LogP contribution >= 0.6 is 0 Å². The molecule has 3 saturated heterocycles. The molecule has 2 bridgehead atoms. The summed E-state index contributed by atoms with van der Waals surface area (Å²) in [6, 6.07) is 19.7. The molecule has 30 heavy (non-hydrogen) atoms. The third-order valence-electron chi connectivity index (χ3n) is 6.92. The molecule has 3 aliphatic heterocycles. The monoisotopic (exact) mass is 399 g/mol. The number of ether oxygens (including phenoxy) is 1. The van der Waals surface area contributed by atoms with E-state index in [9.17, 15) is 4.79 Å². The summed E-state index contributed by atoms with van der Waals surface area (Å²) in [5.74, 6) is 0.921. The number of fused-ring (bicyclic) bond motifs is 4. The molecule has 6 rings (SSSR count). The molecule has 0 spiro atoms. The Morgan fingerprint density at radius 1 is 1.13 bits per heavy atom. The summed E-state index contributed by atoms with van der Waals surface area (Å²) in [5.41, 5.74) is 2.59. The van der Waals surface area contributed by atoms with E-state index in [1.54, 1.807) is 0 Å². The van der Waals surface area contributed by atoms with Gasteiger partial charge in [-0.15, -0.1) is 6.58 Å². The van der Waals surface area contributed by atoms with Crippen molar-refractivity contribution in [2.24, 2.45) is 11.8 Å². The molecule has 2 aromatic carbocycles. The van der Waals surface area contributed by atoms with E-state index in [0.717, 1.165) is 36.0 Å². The van der Waals surface area contributed by atoms with Gasteiger partial charge >= 0.3 is 5.97 Å². The van der Waals surface area contributed by atoms with Crippen molar-refractivity contribution in [3.8, 4) is 0 Å². The van der Waals surface area contributed by atoms with Crippen LogP contribution in [0.25, 0.3) is 10.9 Å². The fourth-order valence-electron chi connectivity index (χ4n) is 5.38. The minimum absolute atomic E-state index is 0.249. The molecule has 0 saturated carbocycles. The maximum atomic E-state index is 13.1. The largest absolute Gasteiger partial charge is 0.447 e. The van der Waals surface area contributed by atoms with Gasteiger partial charge in [0, 0.05) is 35.9 Å². The highest BCUT2D eigenvalue weighted by atomic mass is 16.5. The number of quaternary nitrogens is 1. The summed E-state index contributed by atoms with van der Waals surface area (Å²) in [6.45, 7) is 6.25. The number of piperidine rings is 3. The van der Waals surface area contributed by atoms with Gasteiger partial charge < -0.3 is 9.64 Å². The van der Waals surface area contributed by atoms with Crippen molar-refractivity contribution in [3.63, 3.8) is 0 Å². The zero-order valence-corrected chi connectivity index (χ0v) is 17.0. The van der Waals surface area contributed by atoms with Gasteiger partial charge in [0.25, 0.3) is 0 Å². The van der Waals surface area contributed by atoms with Crippen LogP contribution in [0.5, 0.6) is 0 Å². The van der Waals surface area contributed by atoms with Crippen LogP contribution in [0, 0.1) is 11.8 Å². The van der Waals surface area contributed by atoms with Gasteiger partial charge in [0.15, 0.2) is 6.10 Å². The number of carbonyl (C=O) groups excluding carboxylic acids is 1. The molecule has 3 fully saturated rings. The van der Waals surface area contributed by atoms with Crippen LogP contribution in [0.4, 0.5) is 0 Å². The quantitative estimate of drug-likeness (QED) is 0.527. The Kier molecular flexibility index (Phi) is 5.09. The maximum absolute atomic E-state index is 13.1. The standard InChI is InChI=1S/C26H26N2O2/c1-2-18-17-28-15-13-20(18)16-24(28)25(30-26(29)19-8-4-3-5-9-19)22-12-14-27-23-11-7-6-10-21(22)23/h2-12,14,18,20,24-25H,1,13,15-17H2/p+1/t18-,20+,24-,25-/m1/s1. The zero-order chi connectivity index (χ0) is 20.5. The number of benzene rings is 2. The molecule has 4 heteroatoms. The molecule has 152 valence electrons. The fourth-order valence-corrected chi connectivity index (χ4v) is 5.38. The lowest BCUT2D eigenvalue weighted by Crippen LogP contribution is -3.20. The Balaban J connectivity index is 1.54. The topological polar surface area (TPSA) is 43.6 Å². The molecule has 1 unspecified atom stereocenters. The number of hydrogen-bond acceptors (Lipinski definition) is 3. The average Bonchev–Trinajstić information content (AvgIpc) is 2.83. The number of rotatable bonds is 5. The number of carbonyl (C=O) groups is 1. The Morgan fingerprint density at radius 3 is 2.70 bits per heavy atom. The van der Waals surface area contributed by atoms with Crippen molar-refractivity contribution in [1.29, 1.82) is 0 Å². The summed E-state index contributed by atoms with van der Waals surface area (Å²) >= 11 is 0. The Morgan fingerprint density at radius 2 is 1.93 bits per heavy atom. The summed E-state index contributed by atoms with van der Waals surface area (Å²) in [5, 5.41) is 1.06. The van der Waals surface area contributed by atoms with Gasteiger partial charge in [-0.1, -0.05) is 42.5 Å². The number of nitrogens with zero attached hydrogens (tertiary/aromatic N) is 1. The Labute approximate surface area is 177 Å². The minimum Gasteiger partial charge on any atom is -0.447 e. The van der Waals surface area contributed by atoms with E-state index in [-0.39, 0.29) is 18.1 Å². The first kappa shape index (κ1) is 19.0. The van der Waals surface area contributed by atoms with Crippen LogP contribution in [0.1, 0.15) is 34.9 Å². The summed E-state index contributed by atoms with van der Waals surface area (Å²) < 4.78 is 6.28. The third-order valence-corrected chi connectivity index (χ3v) is 6.92. The molecule has 4 nitrogen and oxygen atoms in total. The van der Waals surface area contributed by atoms with Crippen molar-refractivity contribution in [3.05, 3.63) is 90.6 Å². The summed E-state index contributed by atoms with van der Waals surface area (Å²) in [4.78, 5) is 19.1. The number of nitrogens with one attached hydrogen (secondary N) is 1. The van der Waals surface area contributed by atoms with E-state index in [1.165, 1.54) is 11.3 Å². The molecule has 0 amide bonds. The SMILES string of the molecule is C=C[C@@H]1C[NH+]2CC[C@H]1C[C@@H]2[C@H](OC(=O)c1ccccc1)c1ccnc2ccccc12. The summed E-state index contributed by atoms with van der Waals surface area (Å²) in [7, 11) is 0. The van der Waals surface area contributed by atoms with Gasteiger partial charge in [-0.3, -0.25) is 4.98 Å². The van der Waals surface area contributed by atoms with E-state index in [0.29, 0.717) is 17.4 Å². The number of para-hydroxylation sites is 1. The van der Waals surface area contributed by atoms with E-state index >= 15 is 0 Å². The van der Waals surface area contributed by atoms with Gasteiger partial charge in [-0.05, 0) is 30.2 Å². The molecule has 0 radical (unpaired) electrons. The van der Waals surface area contributed by atoms with Crippen molar-refractivity contribution in [2.75, 3.05) is 13.1 Å². The molecule has 1 N–H and O–H groups in total. The number of esters is 1. The van der Waals surface area contributed by atoms with Crippen LogP contribution in [-0.4, -0.2) is 30.1 Å². The van der Waals surface area contributed by atoms with Gasteiger partial charge in [0.05, 0.1) is 24.2 Å². The van der Waals surface area contributed by atoms with Crippen LogP contribution in [0.15, 0.2) is 79.5 Å². The molecule has 5 atom stereocenters. The third kappa shape index (κ3) is 3.41. The first-order valence-electron chi connectivity index (χ1n) is 10.8. The minimum atomic E-state index is -0.297. The molecular formula is C26H27N2O2+. The molecule has 0 aliphatic carbocycles. The van der Waals surface area contributed by atoms with Crippen molar-refractivity contribution in [1.82, 2.24) is 4.98 Å². The van der Waals surface area contributed by atoms with Crippen molar-refractivity contribution in [2.45, 2.75) is 25.0 Å². The highest BCUT2D eigenvalue weighted by Crippen LogP contribution is 2.36. The molecular weight excluding hydrogens is 372 g/mol. The first-order chi connectivity index (χ1) is 14.7. The van der Waals surface area contributed by atoms with Gasteiger partial charge in [-0.25, -0.2) is 4.79 Å². The van der Waals surface area contributed by atoms with Crippen molar-refractivity contribution < 1.29 is 14.4 Å². The second-order valence-electron chi connectivity index (χ2n) is 8.51. The maximum Gasteiger partial charge on any atom is 0.338 e. The van der Waals surface area contributed by atoms with Crippen LogP contribution in [0.3, 0.4) is 0 Å². The molecule has 1 aromatic heterocycles. The number of pyridine rings is 1. The Bertz CT molecular complexity index is 1060. The lowest BCUT2D eigenvalue weighted by Gasteiger charge is -2.48. The van der Waals surface area contributed by atoms with Gasteiger partial charge in [0.1, 0.15) is 6.04 Å². The smallest absolute Gasteiger partial charge is 0.338 e. The lowest BCUT2D eigenvalue weighted by molar-refractivity contribution is -0.949. The predicted molar refractivity (Wildman–Crippen MR) is 117 cm³/mol. The Hall–Kier alpha value is -2.98. The second-order valence-corrected chi connectivity index (χ2v) is 8.51. The zero-order valence-electron chi connectivity index (χ0n) is 17.0. The normalized spacial score (nSPS) is 26.3. The summed E-state index contributed by atoms with van der Waals surface area (Å²) in [6.07, 6.45) is 5.93. The lowest BCUT2D eigenvalue weighted by atomic mass is 9.73. The van der Waals surface area contributed by atoms with E-state index < -0.39 is 0 Å². The van der Waals surface area contributed by atoms with Crippen LogP contribution < -0.4 is 4.90 Å². The van der Waals surface area contributed by atoms with E-state index in [2.05, 4.69) is 23.7 Å². The van der Waals surface area contributed by atoms with Crippen LogP contribution in [0.2, 0.25) is 0 Å². The second kappa shape index (κ2) is 8.04. The number of aromatic nitrogens is 1. The van der Waals surface area contributed by atoms with E-state index in [4.69, 9.17) is 4.74 Å². The first-order valence-corrected chi connectivity index (χ1v) is 10.8. The van der Waals surface area contributed by atoms with Gasteiger partial charge in [0.2, 0.25) is 0 Å². The van der Waals surface area contributed by atoms with Gasteiger partial charge in [-0.2, -0.15) is 0 Å². The van der Waals surface area contributed by atoms with Crippen LogP contribution in [-0.2, 0) is 4.74 Å².